The molecule has 4 heterocycles. The van der Waals surface area contributed by atoms with E-state index >= 15 is 0 Å². The van der Waals surface area contributed by atoms with Crippen LogP contribution in [0.5, 0.6) is 0 Å². The predicted octanol–water partition coefficient (Wildman–Crippen LogP) is -10.8. The van der Waals surface area contributed by atoms with Crippen LogP contribution in [-0.2, 0) is 57.1 Å². The van der Waals surface area contributed by atoms with E-state index in [9.17, 15) is 101 Å². The van der Waals surface area contributed by atoms with Gasteiger partial charge in [0.1, 0.15) is 48.8 Å². The van der Waals surface area contributed by atoms with Crippen molar-refractivity contribution in [3.05, 3.63) is 0 Å². The lowest BCUT2D eigenvalue weighted by Crippen LogP contribution is -2.58. The van der Waals surface area contributed by atoms with Crippen molar-refractivity contribution in [2.24, 2.45) is 23.7 Å². The highest BCUT2D eigenvalue weighted by atomic mass is 16.9. The highest BCUT2D eigenvalue weighted by Gasteiger charge is 2.53. The lowest BCUT2D eigenvalue weighted by Gasteiger charge is -2.43. The maximum Gasteiger partial charge on any atom is 0.329 e. The smallest absolute Gasteiger partial charge is 0.329 e. The molecule has 4 fully saturated rings. The molecule has 0 aromatic heterocycles. The van der Waals surface area contributed by atoms with Crippen LogP contribution < -0.4 is 0 Å². The lowest BCUT2D eigenvalue weighted by atomic mass is 9.87. The Bertz CT molecular complexity index is 1360. The first-order chi connectivity index (χ1) is 33.4. The summed E-state index contributed by atoms with van der Waals surface area (Å²) in [4.78, 5) is 40.9. The van der Waals surface area contributed by atoms with Crippen molar-refractivity contribution in [2.75, 3.05) is 26.4 Å². The van der Waals surface area contributed by atoms with Crippen LogP contribution in [0, 0.1) is 23.7 Å². The first kappa shape index (κ1) is 66.9. The van der Waals surface area contributed by atoms with Crippen molar-refractivity contribution in [2.45, 2.75) is 175 Å². The molecule has 24 unspecified atom stereocenters. The van der Waals surface area contributed by atoms with Gasteiger partial charge in [-0.15, -0.1) is 0 Å². The number of hydrogen-bond donors (Lipinski definition) is 20. The van der Waals surface area contributed by atoms with Crippen LogP contribution in [0.1, 0.15) is 53.4 Å². The highest BCUT2D eigenvalue weighted by molar-refractivity contribution is 5.38. The Balaban J connectivity index is 0.000000480. The summed E-state index contributed by atoms with van der Waals surface area (Å²) in [6.07, 6.45) is -22.8. The van der Waals surface area contributed by atoms with Gasteiger partial charge in [-0.2, -0.15) is 0 Å². The molecule has 72 heavy (non-hydrogen) atoms. The molecule has 0 bridgehead atoms. The fourth-order valence-electron chi connectivity index (χ4n) is 7.58. The summed E-state index contributed by atoms with van der Waals surface area (Å²) in [5.41, 5.74) is 0. The second kappa shape index (κ2) is 29.9. The predicted molar refractivity (Wildman–Crippen MR) is 223 cm³/mol. The van der Waals surface area contributed by atoms with Crippen LogP contribution in [0.4, 0.5) is 0 Å². The van der Waals surface area contributed by atoms with E-state index in [2.05, 4.69) is 18.9 Å². The number of carbonyl (C=O) groups is 4. The van der Waals surface area contributed by atoms with Gasteiger partial charge in [-0.05, 0) is 0 Å². The van der Waals surface area contributed by atoms with E-state index in [0.717, 1.165) is 0 Å². The molecule has 4 rings (SSSR count). The van der Waals surface area contributed by atoms with E-state index in [1.807, 2.05) is 0 Å². The van der Waals surface area contributed by atoms with E-state index in [1.54, 1.807) is 0 Å². The standard InChI is InChI=1S/4C10H18O8/c4*1-5-6(13)2-10(16,17-4-12)18-9(5)8(15)7(14)3-11/h4*4-9,11,13-16H,2-3H2,1H3. The Labute approximate surface area is 409 Å². The molecule has 0 aromatic rings. The first-order valence-electron chi connectivity index (χ1n) is 22.0. The number of ether oxygens (including phenoxy) is 8. The summed E-state index contributed by atoms with van der Waals surface area (Å²) in [6, 6.07) is 0. The third-order valence-electron chi connectivity index (χ3n) is 12.3. The molecule has 424 valence electrons. The van der Waals surface area contributed by atoms with Gasteiger partial charge >= 0.3 is 23.9 Å². The van der Waals surface area contributed by atoms with Crippen LogP contribution in [0.3, 0.4) is 0 Å². The van der Waals surface area contributed by atoms with E-state index in [1.165, 1.54) is 27.7 Å². The fourth-order valence-corrected chi connectivity index (χ4v) is 7.58. The van der Waals surface area contributed by atoms with Gasteiger partial charge in [0.25, 0.3) is 25.9 Å². The second-order valence-corrected chi connectivity index (χ2v) is 17.5. The van der Waals surface area contributed by atoms with Crippen LogP contribution in [-0.4, -0.2) is 276 Å². The van der Waals surface area contributed by atoms with Gasteiger partial charge in [0.2, 0.25) is 0 Å². The van der Waals surface area contributed by atoms with E-state index in [0.29, 0.717) is 0 Å². The zero-order valence-electron chi connectivity index (χ0n) is 39.4. The van der Waals surface area contributed by atoms with Gasteiger partial charge < -0.3 is 140 Å². The molecule has 4 aliphatic rings. The molecule has 32 heteroatoms. The zero-order valence-corrected chi connectivity index (χ0v) is 39.4. The third-order valence-corrected chi connectivity index (χ3v) is 12.3. The molecule has 4 aliphatic heterocycles. The number of hydrogen-bond acceptors (Lipinski definition) is 32. The Morgan fingerprint density at radius 2 is 0.542 bits per heavy atom. The summed E-state index contributed by atoms with van der Waals surface area (Å²) in [6.45, 7) is 3.09. The maximum absolute atomic E-state index is 10.2. The van der Waals surface area contributed by atoms with E-state index < -0.39 is 172 Å². The molecule has 0 spiro atoms. The third kappa shape index (κ3) is 18.6. The number of aliphatic hydroxyl groups excluding tert-OH is 16. The van der Waals surface area contributed by atoms with Crippen molar-refractivity contribution < 1.29 is 159 Å². The molecule has 0 aliphatic carbocycles. The normalized spacial score (nSPS) is 40.0. The first-order valence-corrected chi connectivity index (χ1v) is 22.0. The fraction of sp³-hybridized carbons (Fsp3) is 0.900. The van der Waals surface area contributed by atoms with Gasteiger partial charge in [-0.1, -0.05) is 27.7 Å². The Morgan fingerprint density at radius 3 is 0.667 bits per heavy atom. The minimum Gasteiger partial charge on any atom is -0.410 e. The molecule has 20 N–H and O–H groups in total. The summed E-state index contributed by atoms with van der Waals surface area (Å²) >= 11 is 0. The Morgan fingerprint density at radius 1 is 0.389 bits per heavy atom. The number of carbonyl (C=O) groups excluding carboxylic acids is 4. The molecular weight excluding hydrogens is 992 g/mol. The Hall–Kier alpha value is -3.08. The van der Waals surface area contributed by atoms with Gasteiger partial charge in [0, 0.05) is 23.7 Å². The quantitative estimate of drug-likeness (QED) is 0.0306. The van der Waals surface area contributed by atoms with Gasteiger partial charge in [-0.3, -0.25) is 19.2 Å². The molecule has 0 aromatic carbocycles. The Kier molecular flexibility index (Phi) is 27.8. The minimum atomic E-state index is -2.35. The van der Waals surface area contributed by atoms with Crippen LogP contribution in [0.2, 0.25) is 0 Å². The SMILES string of the molecule is CC1C(O)CC(O)(OC=O)OC1C(O)C(O)CO.CC1C(O)CC(O)(OC=O)OC1C(O)C(O)CO.CC1C(O)CC(O)(OC=O)OC1C(O)C(O)CO.CC1C(O)CC(O)(OC=O)OC1C(O)C(O)CO. The summed E-state index contributed by atoms with van der Waals surface area (Å²) in [5.74, 6) is -11.9. The summed E-state index contributed by atoms with van der Waals surface area (Å²) < 4.78 is 37.3. The van der Waals surface area contributed by atoms with Gasteiger partial charge in [-0.25, -0.2) is 0 Å². The molecule has 0 saturated carbocycles. The maximum atomic E-state index is 10.2. The average molecular weight is 1060 g/mol. The molecule has 32 nitrogen and oxygen atoms in total. The van der Waals surface area contributed by atoms with Crippen LogP contribution in [0.15, 0.2) is 0 Å². The molecule has 0 amide bonds. The van der Waals surface area contributed by atoms with Crippen LogP contribution >= 0.6 is 0 Å². The number of aliphatic hydroxyl groups is 20. The molecule has 0 radical (unpaired) electrons. The molecular formula is C40H72O32. The van der Waals surface area contributed by atoms with Gasteiger partial charge in [0.05, 0.1) is 101 Å². The monoisotopic (exact) mass is 1060 g/mol. The van der Waals surface area contributed by atoms with Crippen molar-refractivity contribution in [3.63, 3.8) is 0 Å². The average Bonchev–Trinajstić information content (AvgIpc) is 3.32. The summed E-state index contributed by atoms with van der Waals surface area (Å²) in [5, 5.41) is 189. The van der Waals surface area contributed by atoms with Crippen molar-refractivity contribution in [1.82, 2.24) is 0 Å². The van der Waals surface area contributed by atoms with Crippen molar-refractivity contribution in [3.8, 4) is 0 Å². The highest BCUT2D eigenvalue weighted by Crippen LogP contribution is 2.37. The number of rotatable bonds is 20. The second-order valence-electron chi connectivity index (χ2n) is 17.5. The molecule has 4 saturated heterocycles. The largest absolute Gasteiger partial charge is 0.410 e. The van der Waals surface area contributed by atoms with Crippen LogP contribution in [0.25, 0.3) is 0 Å². The molecule has 24 atom stereocenters. The van der Waals surface area contributed by atoms with E-state index in [4.69, 9.17) is 39.4 Å². The van der Waals surface area contributed by atoms with Crippen molar-refractivity contribution >= 4 is 25.9 Å². The summed E-state index contributed by atoms with van der Waals surface area (Å²) in [7, 11) is 0. The lowest BCUT2D eigenvalue weighted by molar-refractivity contribution is -0.399. The zero-order chi connectivity index (χ0) is 55.7. The topological polar surface area (TPSA) is 547 Å². The van der Waals surface area contributed by atoms with Gasteiger partial charge in [0.15, 0.2) is 0 Å². The van der Waals surface area contributed by atoms with Crippen molar-refractivity contribution in [1.29, 1.82) is 0 Å². The van der Waals surface area contributed by atoms with E-state index in [-0.39, 0.29) is 51.6 Å². The minimum absolute atomic E-state index is 0.0470.